The molecule has 0 saturated carbocycles. The lowest BCUT2D eigenvalue weighted by molar-refractivity contribution is -0.146. The summed E-state index contributed by atoms with van der Waals surface area (Å²) in [4.78, 5) is 15.7. The van der Waals surface area contributed by atoms with Gasteiger partial charge in [0.25, 0.3) is 0 Å². The van der Waals surface area contributed by atoms with Crippen molar-refractivity contribution in [2.45, 2.75) is 19.8 Å². The van der Waals surface area contributed by atoms with E-state index in [1.165, 1.54) is 0 Å². The van der Waals surface area contributed by atoms with Gasteiger partial charge in [0, 0.05) is 11.6 Å². The summed E-state index contributed by atoms with van der Waals surface area (Å²) in [6.45, 7) is 2.43. The van der Waals surface area contributed by atoms with Crippen molar-refractivity contribution in [3.8, 4) is 5.75 Å². The molecular formula is C15H17NO3. The fourth-order valence-corrected chi connectivity index (χ4v) is 1.71. The second-order valence-electron chi connectivity index (χ2n) is 4.19. The molecule has 0 atom stereocenters. The van der Waals surface area contributed by atoms with Gasteiger partial charge in [0.15, 0.2) is 6.61 Å². The quantitative estimate of drug-likeness (QED) is 0.591. The minimum Gasteiger partial charge on any atom is -0.481 e. The van der Waals surface area contributed by atoms with Crippen molar-refractivity contribution in [2.24, 2.45) is 0 Å². The van der Waals surface area contributed by atoms with Gasteiger partial charge in [-0.15, -0.1) is 0 Å². The highest BCUT2D eigenvalue weighted by atomic mass is 16.6. The molecule has 0 aliphatic rings. The van der Waals surface area contributed by atoms with E-state index in [0.29, 0.717) is 12.4 Å². The van der Waals surface area contributed by atoms with Gasteiger partial charge < -0.3 is 9.47 Å². The fraction of sp³-hybridized carbons (Fsp3) is 0.333. The monoisotopic (exact) mass is 259 g/mol. The summed E-state index contributed by atoms with van der Waals surface area (Å²) in [7, 11) is 0. The number of carbonyl (C=O) groups is 1. The third kappa shape index (κ3) is 3.68. The first-order chi connectivity index (χ1) is 9.31. The summed E-state index contributed by atoms with van der Waals surface area (Å²) in [5.74, 6) is 0.312. The Morgan fingerprint density at radius 3 is 3.00 bits per heavy atom. The van der Waals surface area contributed by atoms with E-state index in [1.54, 1.807) is 6.20 Å². The van der Waals surface area contributed by atoms with Gasteiger partial charge in [-0.3, -0.25) is 4.98 Å². The van der Waals surface area contributed by atoms with Crippen molar-refractivity contribution >= 4 is 16.9 Å². The predicted molar refractivity (Wildman–Crippen MR) is 73.1 cm³/mol. The molecule has 100 valence electrons. The first-order valence-electron chi connectivity index (χ1n) is 6.43. The highest BCUT2D eigenvalue weighted by Crippen LogP contribution is 2.23. The molecule has 0 N–H and O–H groups in total. The fourth-order valence-electron chi connectivity index (χ4n) is 1.71. The number of rotatable bonds is 6. The highest BCUT2D eigenvalue weighted by Gasteiger charge is 2.06. The second kappa shape index (κ2) is 6.73. The molecule has 2 rings (SSSR count). The van der Waals surface area contributed by atoms with Crippen LogP contribution in [0, 0.1) is 0 Å². The van der Waals surface area contributed by atoms with E-state index in [1.807, 2.05) is 37.3 Å². The van der Waals surface area contributed by atoms with E-state index in [-0.39, 0.29) is 12.6 Å². The number of hydrogen-bond donors (Lipinski definition) is 0. The maximum atomic E-state index is 11.5. The SMILES string of the molecule is CCCCOC(=O)COc1cccc2ncccc12. The van der Waals surface area contributed by atoms with E-state index in [2.05, 4.69) is 4.98 Å². The van der Waals surface area contributed by atoms with E-state index in [0.717, 1.165) is 23.7 Å². The zero-order valence-electron chi connectivity index (χ0n) is 11.0. The van der Waals surface area contributed by atoms with Crippen molar-refractivity contribution < 1.29 is 14.3 Å². The smallest absolute Gasteiger partial charge is 0.344 e. The molecule has 19 heavy (non-hydrogen) atoms. The summed E-state index contributed by atoms with van der Waals surface area (Å²) in [6.07, 6.45) is 3.61. The molecule has 0 spiro atoms. The Morgan fingerprint density at radius 2 is 2.16 bits per heavy atom. The first-order valence-corrected chi connectivity index (χ1v) is 6.43. The van der Waals surface area contributed by atoms with Crippen molar-refractivity contribution in [2.75, 3.05) is 13.2 Å². The lowest BCUT2D eigenvalue weighted by Gasteiger charge is -2.08. The zero-order chi connectivity index (χ0) is 13.5. The van der Waals surface area contributed by atoms with Crippen LogP contribution in [0.3, 0.4) is 0 Å². The van der Waals surface area contributed by atoms with Crippen LogP contribution in [-0.2, 0) is 9.53 Å². The number of fused-ring (bicyclic) bond motifs is 1. The molecule has 0 unspecified atom stereocenters. The van der Waals surface area contributed by atoms with Gasteiger partial charge in [-0.1, -0.05) is 19.4 Å². The summed E-state index contributed by atoms with van der Waals surface area (Å²) >= 11 is 0. The molecule has 4 heteroatoms. The minimum absolute atomic E-state index is 0.0717. The maximum Gasteiger partial charge on any atom is 0.344 e. The molecule has 1 aromatic heterocycles. The lowest BCUT2D eigenvalue weighted by atomic mass is 10.2. The lowest BCUT2D eigenvalue weighted by Crippen LogP contribution is -2.15. The van der Waals surface area contributed by atoms with Crippen LogP contribution in [0.2, 0.25) is 0 Å². The number of nitrogens with zero attached hydrogens (tertiary/aromatic N) is 1. The van der Waals surface area contributed by atoms with Gasteiger partial charge >= 0.3 is 5.97 Å². The van der Waals surface area contributed by atoms with Crippen LogP contribution in [0.25, 0.3) is 10.9 Å². The number of aromatic nitrogens is 1. The zero-order valence-corrected chi connectivity index (χ0v) is 11.0. The highest BCUT2D eigenvalue weighted by molar-refractivity contribution is 5.85. The first kappa shape index (κ1) is 13.3. The third-order valence-corrected chi connectivity index (χ3v) is 2.71. The molecule has 0 saturated heterocycles. The number of carbonyl (C=O) groups excluding carboxylic acids is 1. The Balaban J connectivity index is 1.96. The van der Waals surface area contributed by atoms with Gasteiger partial charge in [0.1, 0.15) is 5.75 Å². The van der Waals surface area contributed by atoms with Gasteiger partial charge in [0.05, 0.1) is 12.1 Å². The Morgan fingerprint density at radius 1 is 1.26 bits per heavy atom. The largest absolute Gasteiger partial charge is 0.481 e. The minimum atomic E-state index is -0.339. The third-order valence-electron chi connectivity index (χ3n) is 2.71. The Labute approximate surface area is 112 Å². The molecule has 1 heterocycles. The van der Waals surface area contributed by atoms with Crippen LogP contribution in [0.5, 0.6) is 5.75 Å². The van der Waals surface area contributed by atoms with Crippen molar-refractivity contribution in [3.63, 3.8) is 0 Å². The van der Waals surface area contributed by atoms with Crippen molar-refractivity contribution in [1.29, 1.82) is 0 Å². The molecule has 2 aromatic rings. The predicted octanol–water partition coefficient (Wildman–Crippen LogP) is 2.96. The Hall–Kier alpha value is -2.10. The van der Waals surface area contributed by atoms with Crippen LogP contribution in [-0.4, -0.2) is 24.2 Å². The number of unbranched alkanes of at least 4 members (excludes halogenated alkanes) is 1. The summed E-state index contributed by atoms with van der Waals surface area (Å²) in [6, 6.07) is 9.34. The second-order valence-corrected chi connectivity index (χ2v) is 4.19. The molecule has 0 aliphatic carbocycles. The van der Waals surface area contributed by atoms with E-state index in [4.69, 9.17) is 9.47 Å². The Bertz CT molecular complexity index is 549. The summed E-state index contributed by atoms with van der Waals surface area (Å²) in [5, 5.41) is 0.895. The van der Waals surface area contributed by atoms with Gasteiger partial charge in [-0.2, -0.15) is 0 Å². The summed E-state index contributed by atoms with van der Waals surface area (Å²) < 4.78 is 10.5. The van der Waals surface area contributed by atoms with Crippen LogP contribution >= 0.6 is 0 Å². The van der Waals surface area contributed by atoms with Gasteiger partial charge in [0.2, 0.25) is 0 Å². The molecule has 1 aromatic carbocycles. The number of hydrogen-bond acceptors (Lipinski definition) is 4. The molecule has 0 bridgehead atoms. The average Bonchev–Trinajstić information content (AvgIpc) is 2.45. The van der Waals surface area contributed by atoms with Crippen LogP contribution in [0.4, 0.5) is 0 Å². The molecular weight excluding hydrogens is 242 g/mol. The molecule has 0 fully saturated rings. The van der Waals surface area contributed by atoms with E-state index in [9.17, 15) is 4.79 Å². The normalized spacial score (nSPS) is 10.4. The summed E-state index contributed by atoms with van der Waals surface area (Å²) in [5.41, 5.74) is 0.847. The van der Waals surface area contributed by atoms with Gasteiger partial charge in [-0.05, 0) is 30.7 Å². The van der Waals surface area contributed by atoms with Gasteiger partial charge in [-0.25, -0.2) is 4.79 Å². The van der Waals surface area contributed by atoms with Crippen LogP contribution in [0.15, 0.2) is 36.5 Å². The number of benzene rings is 1. The Kier molecular flexibility index (Phi) is 4.72. The number of ether oxygens (including phenoxy) is 2. The van der Waals surface area contributed by atoms with Crippen molar-refractivity contribution in [1.82, 2.24) is 4.98 Å². The number of esters is 1. The van der Waals surface area contributed by atoms with Crippen LogP contribution < -0.4 is 4.74 Å². The molecule has 0 radical (unpaired) electrons. The molecule has 0 aliphatic heterocycles. The standard InChI is InChI=1S/C15H17NO3/c1-2-3-10-18-15(17)11-19-14-8-4-7-13-12(14)6-5-9-16-13/h4-9H,2-3,10-11H2,1H3. The number of pyridine rings is 1. The topological polar surface area (TPSA) is 48.4 Å². The van der Waals surface area contributed by atoms with Crippen molar-refractivity contribution in [3.05, 3.63) is 36.5 Å². The van der Waals surface area contributed by atoms with E-state index < -0.39 is 0 Å². The average molecular weight is 259 g/mol. The maximum absolute atomic E-state index is 11.5. The van der Waals surface area contributed by atoms with E-state index >= 15 is 0 Å². The van der Waals surface area contributed by atoms with Crippen LogP contribution in [0.1, 0.15) is 19.8 Å². The molecule has 4 nitrogen and oxygen atoms in total. The molecule has 0 amide bonds.